The van der Waals surface area contributed by atoms with Gasteiger partial charge in [0, 0.05) is 12.2 Å². The molecule has 0 saturated heterocycles. The summed E-state index contributed by atoms with van der Waals surface area (Å²) in [7, 11) is -3.58. The molecular weight excluding hydrogens is 252 g/mol. The molecule has 1 rings (SSSR count). The van der Waals surface area contributed by atoms with Crippen molar-refractivity contribution in [2.24, 2.45) is 0 Å². The van der Waals surface area contributed by atoms with Gasteiger partial charge in [-0.1, -0.05) is 6.07 Å². The number of hydrogen-bond acceptors (Lipinski definition) is 4. The van der Waals surface area contributed by atoms with Crippen LogP contribution in [0.1, 0.15) is 24.5 Å². The van der Waals surface area contributed by atoms with Crippen LogP contribution < -0.4 is 10.5 Å². The Labute approximate surface area is 108 Å². The van der Waals surface area contributed by atoms with Crippen molar-refractivity contribution in [3.63, 3.8) is 0 Å². The third-order valence-electron chi connectivity index (χ3n) is 2.77. The van der Waals surface area contributed by atoms with Crippen LogP contribution in [0.25, 0.3) is 0 Å². The Morgan fingerprint density at radius 1 is 1.39 bits per heavy atom. The highest BCUT2D eigenvalue weighted by atomic mass is 32.2. The molecule has 1 aromatic carbocycles. The Hall–Kier alpha value is -1.11. The van der Waals surface area contributed by atoms with Crippen LogP contribution >= 0.6 is 0 Å². The highest BCUT2D eigenvalue weighted by Crippen LogP contribution is 2.24. The molecule has 5 nitrogen and oxygen atoms in total. The van der Waals surface area contributed by atoms with E-state index in [1.165, 1.54) is 0 Å². The Morgan fingerprint density at radius 3 is 2.56 bits per heavy atom. The van der Waals surface area contributed by atoms with Crippen LogP contribution in [0, 0.1) is 13.8 Å². The number of sulfonamides is 1. The van der Waals surface area contributed by atoms with E-state index in [0.717, 1.165) is 0 Å². The van der Waals surface area contributed by atoms with Gasteiger partial charge >= 0.3 is 0 Å². The van der Waals surface area contributed by atoms with Crippen molar-refractivity contribution in [3.05, 3.63) is 23.3 Å². The molecule has 0 aliphatic rings. The molecule has 0 amide bonds. The molecule has 0 radical (unpaired) electrons. The van der Waals surface area contributed by atoms with Crippen molar-refractivity contribution in [1.29, 1.82) is 0 Å². The highest BCUT2D eigenvalue weighted by molar-refractivity contribution is 7.89. The van der Waals surface area contributed by atoms with Gasteiger partial charge in [-0.25, -0.2) is 13.1 Å². The minimum absolute atomic E-state index is 0.202. The average Bonchev–Trinajstić information content (AvgIpc) is 2.23. The van der Waals surface area contributed by atoms with Gasteiger partial charge in [0.1, 0.15) is 0 Å². The zero-order valence-corrected chi connectivity index (χ0v) is 11.7. The zero-order valence-electron chi connectivity index (χ0n) is 10.9. The quantitative estimate of drug-likeness (QED) is 0.695. The number of nitrogen functional groups attached to an aromatic ring is 1. The Kier molecular flexibility index (Phi) is 4.72. The summed E-state index contributed by atoms with van der Waals surface area (Å²) in [6, 6.07) is 3.38. The van der Waals surface area contributed by atoms with Crippen LogP contribution in [0.4, 0.5) is 5.69 Å². The lowest BCUT2D eigenvalue weighted by Crippen LogP contribution is -2.28. The van der Waals surface area contributed by atoms with E-state index >= 15 is 0 Å². The fourth-order valence-corrected chi connectivity index (χ4v) is 3.27. The fraction of sp³-hybridized carbons (Fsp3) is 0.500. The molecule has 0 bridgehead atoms. The van der Waals surface area contributed by atoms with Crippen LogP contribution in [0.15, 0.2) is 17.0 Å². The Morgan fingerprint density at radius 2 is 2.00 bits per heavy atom. The topological polar surface area (TPSA) is 92.4 Å². The third kappa shape index (κ3) is 3.44. The molecule has 0 aliphatic heterocycles. The van der Waals surface area contributed by atoms with Crippen LogP contribution in [0.5, 0.6) is 0 Å². The molecule has 0 fully saturated rings. The van der Waals surface area contributed by atoms with Gasteiger partial charge < -0.3 is 10.8 Å². The molecule has 0 spiro atoms. The number of nitrogens with two attached hydrogens (primary N) is 1. The summed E-state index contributed by atoms with van der Waals surface area (Å²) < 4.78 is 26.8. The maximum absolute atomic E-state index is 12.2. The lowest BCUT2D eigenvalue weighted by atomic mass is 10.1. The molecule has 1 atom stereocenters. The summed E-state index contributed by atoms with van der Waals surface area (Å²) in [6.45, 7) is 5.24. The number of nitrogens with one attached hydrogen (secondary N) is 1. The predicted octanol–water partition coefficient (Wildman–Crippen LogP) is 0.935. The fourth-order valence-electron chi connectivity index (χ4n) is 1.73. The molecule has 0 heterocycles. The van der Waals surface area contributed by atoms with Crippen LogP contribution in [-0.4, -0.2) is 26.2 Å². The minimum Gasteiger partial charge on any atom is -0.398 e. The first-order chi connectivity index (χ1) is 8.25. The molecular formula is C12H20N2O3S. The van der Waals surface area contributed by atoms with Gasteiger partial charge in [0.15, 0.2) is 0 Å². The molecule has 102 valence electrons. The molecule has 1 aromatic rings. The first-order valence-electron chi connectivity index (χ1n) is 5.79. The van der Waals surface area contributed by atoms with Gasteiger partial charge in [0.25, 0.3) is 0 Å². The Balaban J connectivity index is 3.02. The summed E-state index contributed by atoms with van der Waals surface area (Å²) in [5, 5.41) is 9.12. The van der Waals surface area contributed by atoms with Crippen molar-refractivity contribution < 1.29 is 13.5 Å². The number of aliphatic hydroxyl groups is 1. The molecule has 18 heavy (non-hydrogen) atoms. The number of benzene rings is 1. The maximum atomic E-state index is 12.2. The van der Waals surface area contributed by atoms with Gasteiger partial charge in [-0.15, -0.1) is 0 Å². The Bertz CT molecular complexity index is 524. The second-order valence-electron chi connectivity index (χ2n) is 4.46. The average molecular weight is 272 g/mol. The van der Waals surface area contributed by atoms with E-state index in [1.807, 2.05) is 0 Å². The van der Waals surface area contributed by atoms with Gasteiger partial charge in [0.05, 0.1) is 11.0 Å². The van der Waals surface area contributed by atoms with E-state index in [9.17, 15) is 8.42 Å². The third-order valence-corrected chi connectivity index (χ3v) is 4.52. The molecule has 0 saturated carbocycles. The minimum atomic E-state index is -3.58. The van der Waals surface area contributed by atoms with Crippen molar-refractivity contribution in [2.75, 3.05) is 12.3 Å². The van der Waals surface area contributed by atoms with Gasteiger partial charge in [-0.05, 0) is 44.4 Å². The van der Waals surface area contributed by atoms with Crippen LogP contribution in [0.2, 0.25) is 0 Å². The summed E-state index contributed by atoms with van der Waals surface area (Å²) >= 11 is 0. The van der Waals surface area contributed by atoms with E-state index in [4.69, 9.17) is 10.8 Å². The molecule has 0 aliphatic carbocycles. The normalized spacial score (nSPS) is 13.6. The summed E-state index contributed by atoms with van der Waals surface area (Å²) in [5.41, 5.74) is 7.40. The van der Waals surface area contributed by atoms with Crippen molar-refractivity contribution in [2.45, 2.75) is 38.2 Å². The molecule has 6 heteroatoms. The lowest BCUT2D eigenvalue weighted by Gasteiger charge is -2.14. The number of aryl methyl sites for hydroxylation is 1. The highest BCUT2D eigenvalue weighted by Gasteiger charge is 2.20. The van der Waals surface area contributed by atoms with E-state index < -0.39 is 16.1 Å². The smallest absolute Gasteiger partial charge is 0.241 e. The van der Waals surface area contributed by atoms with E-state index in [1.54, 1.807) is 32.9 Å². The number of anilines is 1. The first-order valence-corrected chi connectivity index (χ1v) is 7.27. The second-order valence-corrected chi connectivity index (χ2v) is 6.17. The van der Waals surface area contributed by atoms with Gasteiger partial charge in [-0.2, -0.15) is 0 Å². The molecule has 4 N–H and O–H groups in total. The van der Waals surface area contributed by atoms with Crippen LogP contribution in [-0.2, 0) is 10.0 Å². The molecule has 1 unspecified atom stereocenters. The van der Waals surface area contributed by atoms with Crippen molar-refractivity contribution in [1.82, 2.24) is 4.72 Å². The largest absolute Gasteiger partial charge is 0.398 e. The zero-order chi connectivity index (χ0) is 13.9. The van der Waals surface area contributed by atoms with Gasteiger partial charge in [-0.3, -0.25) is 0 Å². The van der Waals surface area contributed by atoms with Crippen LogP contribution in [0.3, 0.4) is 0 Å². The van der Waals surface area contributed by atoms with Gasteiger partial charge in [0.2, 0.25) is 10.0 Å². The number of aliphatic hydroxyl groups excluding tert-OH is 1. The summed E-state index contributed by atoms with van der Waals surface area (Å²) in [5.74, 6) is 0. The SMILES string of the molecule is Cc1ccc(N)c(C)c1S(=O)(=O)NCCC(C)O. The first kappa shape index (κ1) is 14.9. The van der Waals surface area contributed by atoms with E-state index in [2.05, 4.69) is 4.72 Å². The predicted molar refractivity (Wildman–Crippen MR) is 71.8 cm³/mol. The monoisotopic (exact) mass is 272 g/mol. The second kappa shape index (κ2) is 5.69. The lowest BCUT2D eigenvalue weighted by molar-refractivity contribution is 0.186. The standard InChI is InChI=1S/C12H20N2O3S/c1-8-4-5-11(13)10(3)12(8)18(16,17)14-7-6-9(2)15/h4-5,9,14-15H,6-7,13H2,1-3H3. The van der Waals surface area contributed by atoms with E-state index in [-0.39, 0.29) is 11.4 Å². The summed E-state index contributed by atoms with van der Waals surface area (Å²) in [6.07, 6.45) is -0.157. The molecule has 0 aromatic heterocycles. The van der Waals surface area contributed by atoms with E-state index in [0.29, 0.717) is 23.2 Å². The van der Waals surface area contributed by atoms with Crippen molar-refractivity contribution >= 4 is 15.7 Å². The number of hydrogen-bond donors (Lipinski definition) is 3. The number of rotatable bonds is 5. The van der Waals surface area contributed by atoms with Crippen molar-refractivity contribution in [3.8, 4) is 0 Å². The summed E-state index contributed by atoms with van der Waals surface area (Å²) in [4.78, 5) is 0.230. The maximum Gasteiger partial charge on any atom is 0.241 e.